The van der Waals surface area contributed by atoms with Gasteiger partial charge in [-0.1, -0.05) is 60.1 Å². The molecule has 2 rings (SSSR count). The molecule has 0 bridgehead atoms. The highest BCUT2D eigenvalue weighted by molar-refractivity contribution is 6.31. The van der Waals surface area contributed by atoms with E-state index in [0.717, 1.165) is 11.6 Å². The number of rotatable bonds is 11. The molecular formula is C22H23ClN2O5. The van der Waals surface area contributed by atoms with Crippen LogP contribution in [0.5, 0.6) is 0 Å². The molecule has 0 radical (unpaired) electrons. The summed E-state index contributed by atoms with van der Waals surface area (Å²) in [6.07, 6.45) is 1.14. The zero-order valence-corrected chi connectivity index (χ0v) is 17.0. The van der Waals surface area contributed by atoms with Crippen LogP contribution in [0, 0.1) is 0 Å². The number of carbonyl (C=O) groups is 3. The maximum Gasteiger partial charge on any atom is 0.331 e. The number of hydrogen-bond acceptors (Lipinski definition) is 5. The number of carboxylic acids is 1. The number of carbonyl (C=O) groups excluding carboxylic acids is 2. The maximum absolute atomic E-state index is 12.0. The van der Waals surface area contributed by atoms with Crippen LogP contribution in [0.2, 0.25) is 5.02 Å². The Bertz CT molecular complexity index is 886. The summed E-state index contributed by atoms with van der Waals surface area (Å²) in [5.74, 6) is -2.12. The first-order valence-corrected chi connectivity index (χ1v) is 9.71. The van der Waals surface area contributed by atoms with Crippen LogP contribution in [0.15, 0.2) is 66.7 Å². The average Bonchev–Trinajstić information content (AvgIpc) is 2.72. The van der Waals surface area contributed by atoms with Crippen molar-refractivity contribution >= 4 is 29.4 Å². The second-order valence-electron chi connectivity index (χ2n) is 6.34. The molecule has 3 N–H and O–H groups in total. The van der Waals surface area contributed by atoms with Gasteiger partial charge < -0.3 is 20.5 Å². The van der Waals surface area contributed by atoms with Crippen molar-refractivity contribution in [3.05, 3.63) is 82.9 Å². The quantitative estimate of drug-likeness (QED) is 0.287. The monoisotopic (exact) mass is 430 g/mol. The minimum Gasteiger partial charge on any atom is -0.478 e. The summed E-state index contributed by atoms with van der Waals surface area (Å²) in [6.45, 7) is 1.09. The molecule has 1 unspecified atom stereocenters. The fourth-order valence-electron chi connectivity index (χ4n) is 2.64. The van der Waals surface area contributed by atoms with Gasteiger partial charge in [-0.15, -0.1) is 0 Å². The molecule has 0 spiro atoms. The number of esters is 1. The van der Waals surface area contributed by atoms with Crippen LogP contribution in [-0.2, 0) is 25.5 Å². The zero-order valence-electron chi connectivity index (χ0n) is 16.2. The van der Waals surface area contributed by atoms with Crippen LogP contribution in [0.3, 0.4) is 0 Å². The van der Waals surface area contributed by atoms with Crippen LogP contribution in [0.25, 0.3) is 0 Å². The number of hydrogen-bond donors (Lipinski definition) is 3. The van der Waals surface area contributed by atoms with Gasteiger partial charge >= 0.3 is 11.9 Å². The molecular weight excluding hydrogens is 408 g/mol. The predicted molar refractivity (Wildman–Crippen MR) is 113 cm³/mol. The molecule has 2 aromatic rings. The smallest absolute Gasteiger partial charge is 0.331 e. The van der Waals surface area contributed by atoms with Crippen LogP contribution >= 0.6 is 11.6 Å². The lowest BCUT2D eigenvalue weighted by atomic mass is 10.1. The van der Waals surface area contributed by atoms with Crippen molar-refractivity contribution in [2.24, 2.45) is 0 Å². The van der Waals surface area contributed by atoms with Gasteiger partial charge in [0.2, 0.25) is 5.91 Å². The molecule has 0 aliphatic carbocycles. The summed E-state index contributed by atoms with van der Waals surface area (Å²) in [7, 11) is 0. The molecule has 0 aliphatic heterocycles. The Morgan fingerprint density at radius 1 is 1.00 bits per heavy atom. The molecule has 2 aromatic carbocycles. The summed E-state index contributed by atoms with van der Waals surface area (Å²) in [4.78, 5) is 34.4. The normalized spacial score (nSPS) is 11.8. The number of halogens is 1. The third kappa shape index (κ3) is 8.46. The van der Waals surface area contributed by atoms with E-state index in [1.807, 2.05) is 30.3 Å². The van der Waals surface area contributed by atoms with Crippen molar-refractivity contribution in [1.82, 2.24) is 10.6 Å². The van der Waals surface area contributed by atoms with Gasteiger partial charge in [0.25, 0.3) is 0 Å². The Kier molecular flexibility index (Phi) is 9.57. The molecule has 30 heavy (non-hydrogen) atoms. The second kappa shape index (κ2) is 12.4. The molecule has 1 amide bonds. The minimum absolute atomic E-state index is 0.0871. The molecule has 0 fully saturated rings. The molecule has 158 valence electrons. The maximum atomic E-state index is 12.0. The van der Waals surface area contributed by atoms with Crippen molar-refractivity contribution in [2.45, 2.75) is 12.5 Å². The summed E-state index contributed by atoms with van der Waals surface area (Å²) in [6, 6.07) is 16.4. The summed E-state index contributed by atoms with van der Waals surface area (Å²) >= 11 is 6.20. The van der Waals surface area contributed by atoms with E-state index in [1.54, 1.807) is 24.3 Å². The largest absolute Gasteiger partial charge is 0.478 e. The zero-order chi connectivity index (χ0) is 21.8. The number of aliphatic carboxylic acids is 1. The third-order valence-electron chi connectivity index (χ3n) is 4.03. The van der Waals surface area contributed by atoms with Gasteiger partial charge in [0.05, 0.1) is 6.42 Å². The van der Waals surface area contributed by atoms with Crippen LogP contribution in [-0.4, -0.2) is 42.6 Å². The molecule has 0 aromatic heterocycles. The van der Waals surface area contributed by atoms with Crippen molar-refractivity contribution in [3.8, 4) is 0 Å². The van der Waals surface area contributed by atoms with Gasteiger partial charge in [-0.2, -0.15) is 0 Å². The van der Waals surface area contributed by atoms with Gasteiger partial charge in [-0.05, 0) is 11.6 Å². The Balaban J connectivity index is 1.83. The van der Waals surface area contributed by atoms with Crippen molar-refractivity contribution in [2.75, 3.05) is 19.6 Å². The SMILES string of the molecule is O=C(O)/C=C/C(=O)OC(CNCCNC(=O)Cc1ccccc1)c1ccccc1Cl. The first-order valence-electron chi connectivity index (χ1n) is 9.33. The first kappa shape index (κ1) is 23.1. The lowest BCUT2D eigenvalue weighted by molar-refractivity contribution is -0.143. The van der Waals surface area contributed by atoms with E-state index in [4.69, 9.17) is 21.4 Å². The van der Waals surface area contributed by atoms with Crippen LogP contribution in [0.1, 0.15) is 17.2 Å². The highest BCUT2D eigenvalue weighted by Gasteiger charge is 2.18. The van der Waals surface area contributed by atoms with E-state index in [9.17, 15) is 14.4 Å². The number of nitrogens with one attached hydrogen (secondary N) is 2. The Morgan fingerprint density at radius 2 is 1.70 bits per heavy atom. The molecule has 0 saturated carbocycles. The van der Waals surface area contributed by atoms with Gasteiger partial charge in [-0.3, -0.25) is 4.79 Å². The molecule has 1 atom stereocenters. The van der Waals surface area contributed by atoms with Gasteiger partial charge in [0.1, 0.15) is 6.10 Å². The number of benzene rings is 2. The summed E-state index contributed by atoms with van der Waals surface area (Å²) in [5, 5.41) is 15.0. The van der Waals surface area contributed by atoms with E-state index < -0.39 is 18.0 Å². The molecule has 7 nitrogen and oxygen atoms in total. The highest BCUT2D eigenvalue weighted by atomic mass is 35.5. The standard InChI is InChI=1S/C22H23ClN2O5/c23-18-9-5-4-8-17(18)19(30-22(29)11-10-21(27)28)15-24-12-13-25-20(26)14-16-6-2-1-3-7-16/h1-11,19,24H,12-15H2,(H,25,26)(H,27,28)/b11-10+. The fraction of sp³-hybridized carbons (Fsp3) is 0.227. The third-order valence-corrected chi connectivity index (χ3v) is 4.38. The van der Waals surface area contributed by atoms with E-state index in [-0.39, 0.29) is 12.5 Å². The van der Waals surface area contributed by atoms with Gasteiger partial charge in [0, 0.05) is 42.4 Å². The second-order valence-corrected chi connectivity index (χ2v) is 6.74. The molecule has 8 heteroatoms. The number of amides is 1. The molecule has 0 heterocycles. The lowest BCUT2D eigenvalue weighted by Gasteiger charge is -2.19. The average molecular weight is 431 g/mol. The van der Waals surface area contributed by atoms with E-state index in [2.05, 4.69) is 10.6 Å². The topological polar surface area (TPSA) is 105 Å². The first-order chi connectivity index (χ1) is 14.5. The Labute approximate surface area is 179 Å². The summed E-state index contributed by atoms with van der Waals surface area (Å²) in [5.41, 5.74) is 1.53. The van der Waals surface area contributed by atoms with E-state index >= 15 is 0 Å². The van der Waals surface area contributed by atoms with E-state index in [0.29, 0.717) is 36.2 Å². The minimum atomic E-state index is -1.24. The summed E-state index contributed by atoms with van der Waals surface area (Å²) < 4.78 is 5.35. The van der Waals surface area contributed by atoms with Crippen molar-refractivity contribution in [3.63, 3.8) is 0 Å². The molecule has 0 aliphatic rings. The highest BCUT2D eigenvalue weighted by Crippen LogP contribution is 2.25. The molecule has 0 saturated heterocycles. The van der Waals surface area contributed by atoms with E-state index in [1.165, 1.54) is 0 Å². The van der Waals surface area contributed by atoms with Crippen molar-refractivity contribution < 1.29 is 24.2 Å². The van der Waals surface area contributed by atoms with Gasteiger partial charge in [0.15, 0.2) is 0 Å². The Morgan fingerprint density at radius 3 is 2.40 bits per heavy atom. The van der Waals surface area contributed by atoms with Crippen molar-refractivity contribution in [1.29, 1.82) is 0 Å². The van der Waals surface area contributed by atoms with Crippen LogP contribution in [0.4, 0.5) is 0 Å². The number of carboxylic acid groups (broad SMARTS) is 1. The predicted octanol–water partition coefficient (Wildman–Crippen LogP) is 2.51. The lowest BCUT2D eigenvalue weighted by Crippen LogP contribution is -2.35. The van der Waals surface area contributed by atoms with Crippen LogP contribution < -0.4 is 10.6 Å². The Hall–Kier alpha value is -3.16. The van der Waals surface area contributed by atoms with Gasteiger partial charge in [-0.25, -0.2) is 9.59 Å². The number of ether oxygens (including phenoxy) is 1. The fourth-order valence-corrected chi connectivity index (χ4v) is 2.89.